The Morgan fingerprint density at radius 2 is 1.96 bits per heavy atom. The standard InChI is InChI=1S/C14H14BrN5O4/c15-10-5-18-20(6-10)7-13(22)24-19-14(17)9-1-3-11(4-2-9)23-8-12(16)21/h1-6H,7-8H2,(H2,16,21)(H2,17,19). The van der Waals surface area contributed by atoms with Crippen LogP contribution in [0, 0.1) is 0 Å². The molecule has 4 N–H and O–H groups in total. The molecule has 9 nitrogen and oxygen atoms in total. The maximum absolute atomic E-state index is 11.6. The molecule has 1 aromatic carbocycles. The highest BCUT2D eigenvalue weighted by Gasteiger charge is 2.07. The number of amides is 1. The van der Waals surface area contributed by atoms with Gasteiger partial charge in [0.1, 0.15) is 12.3 Å². The van der Waals surface area contributed by atoms with Crippen LogP contribution in [0.3, 0.4) is 0 Å². The van der Waals surface area contributed by atoms with Gasteiger partial charge in [0, 0.05) is 11.8 Å². The van der Waals surface area contributed by atoms with Crippen molar-refractivity contribution < 1.29 is 19.2 Å². The number of carbonyl (C=O) groups is 2. The third kappa shape index (κ3) is 5.39. The van der Waals surface area contributed by atoms with Crippen molar-refractivity contribution in [2.45, 2.75) is 6.54 Å². The Kier molecular flexibility index (Phi) is 5.90. The van der Waals surface area contributed by atoms with Crippen molar-refractivity contribution >= 4 is 33.6 Å². The zero-order valence-corrected chi connectivity index (χ0v) is 14.0. The van der Waals surface area contributed by atoms with Crippen LogP contribution in [0.2, 0.25) is 0 Å². The second-order valence-corrected chi connectivity index (χ2v) is 5.49. The van der Waals surface area contributed by atoms with Crippen LogP contribution in [-0.2, 0) is 21.0 Å². The van der Waals surface area contributed by atoms with Crippen molar-refractivity contribution in [2.24, 2.45) is 16.6 Å². The van der Waals surface area contributed by atoms with Gasteiger partial charge in [-0.1, -0.05) is 5.16 Å². The Bertz CT molecular complexity index is 757. The average molecular weight is 396 g/mol. The molecule has 0 aliphatic rings. The number of aromatic nitrogens is 2. The number of oxime groups is 1. The van der Waals surface area contributed by atoms with E-state index in [9.17, 15) is 9.59 Å². The number of primary amides is 1. The Hall–Kier alpha value is -2.88. The number of amidine groups is 1. The number of ether oxygens (including phenoxy) is 1. The lowest BCUT2D eigenvalue weighted by molar-refractivity contribution is -0.144. The lowest BCUT2D eigenvalue weighted by Crippen LogP contribution is -2.20. The normalized spacial score (nSPS) is 11.1. The van der Waals surface area contributed by atoms with Crippen LogP contribution >= 0.6 is 15.9 Å². The Labute approximate surface area is 145 Å². The van der Waals surface area contributed by atoms with Crippen LogP contribution in [0.15, 0.2) is 46.3 Å². The maximum Gasteiger partial charge on any atom is 0.356 e. The topological polar surface area (TPSA) is 135 Å². The highest BCUT2D eigenvalue weighted by atomic mass is 79.9. The molecule has 2 rings (SSSR count). The van der Waals surface area contributed by atoms with Crippen molar-refractivity contribution in [1.29, 1.82) is 0 Å². The number of hydrogen-bond acceptors (Lipinski definition) is 6. The smallest absolute Gasteiger partial charge is 0.356 e. The minimum atomic E-state index is -0.616. The predicted molar refractivity (Wildman–Crippen MR) is 87.9 cm³/mol. The summed E-state index contributed by atoms with van der Waals surface area (Å²) in [6, 6.07) is 6.38. The molecule has 0 saturated heterocycles. The number of carbonyl (C=O) groups excluding carboxylic acids is 2. The minimum Gasteiger partial charge on any atom is -0.484 e. The summed E-state index contributed by atoms with van der Waals surface area (Å²) < 4.78 is 7.25. The average Bonchev–Trinajstić information content (AvgIpc) is 2.96. The predicted octanol–water partition coefficient (Wildman–Crippen LogP) is 0.373. The zero-order valence-electron chi connectivity index (χ0n) is 12.4. The molecule has 10 heteroatoms. The van der Waals surface area contributed by atoms with Gasteiger partial charge in [0.2, 0.25) is 0 Å². The molecule has 2 aromatic rings. The van der Waals surface area contributed by atoms with Gasteiger partial charge in [-0.3, -0.25) is 9.48 Å². The highest BCUT2D eigenvalue weighted by Crippen LogP contribution is 2.12. The molecule has 0 unspecified atom stereocenters. The maximum atomic E-state index is 11.6. The summed E-state index contributed by atoms with van der Waals surface area (Å²) in [6.45, 7) is -0.313. The van der Waals surface area contributed by atoms with E-state index in [4.69, 9.17) is 21.0 Å². The second kappa shape index (κ2) is 8.11. The van der Waals surface area contributed by atoms with Crippen LogP contribution < -0.4 is 16.2 Å². The number of benzene rings is 1. The van der Waals surface area contributed by atoms with Crippen LogP contribution in [0.5, 0.6) is 5.75 Å². The molecule has 0 saturated carbocycles. The van der Waals surface area contributed by atoms with Gasteiger partial charge in [-0.25, -0.2) is 4.79 Å². The van der Waals surface area contributed by atoms with Gasteiger partial charge in [0.05, 0.1) is 10.7 Å². The van der Waals surface area contributed by atoms with E-state index in [-0.39, 0.29) is 19.0 Å². The zero-order chi connectivity index (χ0) is 17.5. The molecule has 24 heavy (non-hydrogen) atoms. The Balaban J connectivity index is 1.90. The lowest BCUT2D eigenvalue weighted by Gasteiger charge is -2.05. The number of rotatable bonds is 7. The van der Waals surface area contributed by atoms with E-state index in [0.29, 0.717) is 11.3 Å². The fourth-order valence-corrected chi connectivity index (χ4v) is 1.94. The molecule has 0 radical (unpaired) electrons. The van der Waals surface area contributed by atoms with Crippen LogP contribution in [0.25, 0.3) is 0 Å². The summed E-state index contributed by atoms with van der Waals surface area (Å²) in [6.07, 6.45) is 3.17. The minimum absolute atomic E-state index is 0.0199. The van der Waals surface area contributed by atoms with Crippen molar-refractivity contribution in [3.63, 3.8) is 0 Å². The summed E-state index contributed by atoms with van der Waals surface area (Å²) in [5.74, 6) is -0.718. The number of nitrogens with two attached hydrogens (primary N) is 2. The number of halogens is 1. The van der Waals surface area contributed by atoms with Crippen LogP contribution in [-0.4, -0.2) is 34.1 Å². The highest BCUT2D eigenvalue weighted by molar-refractivity contribution is 9.10. The first-order valence-corrected chi connectivity index (χ1v) is 7.46. The van der Waals surface area contributed by atoms with E-state index >= 15 is 0 Å². The third-order valence-electron chi connectivity index (χ3n) is 2.67. The Morgan fingerprint density at radius 3 is 2.54 bits per heavy atom. The first-order chi connectivity index (χ1) is 11.4. The number of nitrogens with zero attached hydrogens (tertiary/aromatic N) is 3. The summed E-state index contributed by atoms with van der Waals surface area (Å²) in [4.78, 5) is 27.0. The van der Waals surface area contributed by atoms with Gasteiger partial charge >= 0.3 is 5.97 Å². The van der Waals surface area contributed by atoms with Crippen molar-refractivity contribution in [3.05, 3.63) is 46.7 Å². The van der Waals surface area contributed by atoms with Crippen LogP contribution in [0.4, 0.5) is 0 Å². The molecule has 1 amide bonds. The van der Waals surface area contributed by atoms with Gasteiger partial charge in [-0.15, -0.1) is 0 Å². The molecule has 0 fully saturated rings. The van der Waals surface area contributed by atoms with E-state index in [0.717, 1.165) is 4.47 Å². The van der Waals surface area contributed by atoms with Crippen molar-refractivity contribution in [1.82, 2.24) is 9.78 Å². The summed E-state index contributed by atoms with van der Waals surface area (Å²) in [5, 5.41) is 7.50. The van der Waals surface area contributed by atoms with Crippen molar-refractivity contribution in [3.8, 4) is 5.75 Å². The van der Waals surface area contributed by atoms with Gasteiger partial charge < -0.3 is 21.0 Å². The molecular formula is C14H14BrN5O4. The van der Waals surface area contributed by atoms with E-state index in [1.165, 1.54) is 4.68 Å². The van der Waals surface area contributed by atoms with E-state index < -0.39 is 11.9 Å². The third-order valence-corrected chi connectivity index (χ3v) is 3.08. The summed E-state index contributed by atoms with van der Waals surface area (Å²) in [7, 11) is 0. The van der Waals surface area contributed by atoms with Gasteiger partial charge in [0.15, 0.2) is 12.4 Å². The molecular weight excluding hydrogens is 382 g/mol. The van der Waals surface area contributed by atoms with Crippen molar-refractivity contribution in [2.75, 3.05) is 6.61 Å². The molecule has 0 bridgehead atoms. The molecule has 126 valence electrons. The largest absolute Gasteiger partial charge is 0.484 e. The van der Waals surface area contributed by atoms with E-state index in [2.05, 4.69) is 26.2 Å². The van der Waals surface area contributed by atoms with E-state index in [1.807, 2.05) is 0 Å². The fraction of sp³-hybridized carbons (Fsp3) is 0.143. The first-order valence-electron chi connectivity index (χ1n) is 6.67. The lowest BCUT2D eigenvalue weighted by atomic mass is 10.2. The number of hydrogen-bond donors (Lipinski definition) is 2. The molecule has 0 atom stereocenters. The van der Waals surface area contributed by atoms with Gasteiger partial charge in [-0.2, -0.15) is 5.10 Å². The first kappa shape index (κ1) is 17.5. The van der Waals surface area contributed by atoms with E-state index in [1.54, 1.807) is 36.7 Å². The van der Waals surface area contributed by atoms with Gasteiger partial charge in [0.25, 0.3) is 5.91 Å². The Morgan fingerprint density at radius 1 is 1.25 bits per heavy atom. The van der Waals surface area contributed by atoms with Gasteiger partial charge in [-0.05, 0) is 40.2 Å². The quantitative estimate of drug-likeness (QED) is 0.301. The molecule has 0 aliphatic heterocycles. The molecule has 1 heterocycles. The summed E-state index contributed by atoms with van der Waals surface area (Å²) in [5.41, 5.74) is 11.2. The molecule has 0 aliphatic carbocycles. The molecule has 1 aromatic heterocycles. The molecule has 0 spiro atoms. The SMILES string of the molecule is NC(=O)COc1ccc(/C(N)=N/OC(=O)Cn2cc(Br)cn2)cc1. The second-order valence-electron chi connectivity index (χ2n) is 4.58. The summed E-state index contributed by atoms with van der Waals surface area (Å²) >= 11 is 3.22. The monoisotopic (exact) mass is 395 g/mol. The van der Waals surface area contributed by atoms with Crippen LogP contribution in [0.1, 0.15) is 5.56 Å². The fourth-order valence-electron chi connectivity index (χ4n) is 1.62.